The largest absolute Gasteiger partial charge is 0.493 e. The van der Waals surface area contributed by atoms with Crippen molar-refractivity contribution in [2.24, 2.45) is 4.99 Å². The maximum Gasteiger partial charge on any atom is 0.338 e. The summed E-state index contributed by atoms with van der Waals surface area (Å²) < 4.78 is 31.0. The first-order valence-electron chi connectivity index (χ1n) is 16.2. The zero-order valence-electron chi connectivity index (χ0n) is 28.1. The van der Waals surface area contributed by atoms with E-state index >= 15 is 0 Å². The highest BCUT2D eigenvalue weighted by Gasteiger charge is 2.34. The molecule has 10 heteroatoms. The zero-order valence-corrected chi connectivity index (χ0v) is 29.0. The molecule has 49 heavy (non-hydrogen) atoms. The average Bonchev–Trinajstić information content (AvgIpc) is 3.41. The Morgan fingerprint density at radius 1 is 0.857 bits per heavy atom. The third kappa shape index (κ3) is 6.82. The zero-order chi connectivity index (χ0) is 34.5. The number of allylic oxidation sites excluding steroid dienone is 1. The Balaban J connectivity index is 1.40. The number of aromatic nitrogens is 1. The Kier molecular flexibility index (Phi) is 10.1. The first-order valence-corrected chi connectivity index (χ1v) is 17.0. The molecule has 6 rings (SSSR count). The van der Waals surface area contributed by atoms with Crippen LogP contribution >= 0.6 is 11.3 Å². The van der Waals surface area contributed by atoms with E-state index in [4.69, 9.17) is 28.7 Å². The molecule has 2 heterocycles. The van der Waals surface area contributed by atoms with Gasteiger partial charge in [-0.05, 0) is 85.5 Å². The van der Waals surface area contributed by atoms with Gasteiger partial charge in [0, 0.05) is 0 Å². The van der Waals surface area contributed by atoms with E-state index in [1.807, 2.05) is 56.3 Å². The SMILES string of the molecule is CCOC(=O)C1=C(C)N=c2s/c(=C\c3ccc(OCc4cccc5ccccc45)c(OCC)c3)c(=O)n2[C@H]1c1ccc(OC)c(OCC)c1. The summed E-state index contributed by atoms with van der Waals surface area (Å²) in [6.07, 6.45) is 1.81. The lowest BCUT2D eigenvalue weighted by atomic mass is 9.95. The van der Waals surface area contributed by atoms with Crippen LogP contribution in [-0.4, -0.2) is 37.5 Å². The Morgan fingerprint density at radius 2 is 1.59 bits per heavy atom. The highest BCUT2D eigenvalue weighted by atomic mass is 32.1. The molecule has 4 aromatic carbocycles. The Morgan fingerprint density at radius 3 is 2.35 bits per heavy atom. The van der Waals surface area contributed by atoms with Crippen LogP contribution in [0, 0.1) is 0 Å². The minimum absolute atomic E-state index is 0.184. The Labute approximate surface area is 288 Å². The number of nitrogens with zero attached hydrogens (tertiary/aromatic N) is 2. The van der Waals surface area contributed by atoms with Crippen LogP contribution in [0.3, 0.4) is 0 Å². The van der Waals surface area contributed by atoms with Crippen LogP contribution in [0.25, 0.3) is 16.8 Å². The van der Waals surface area contributed by atoms with Gasteiger partial charge in [-0.15, -0.1) is 0 Å². The molecule has 1 aliphatic rings. The molecule has 0 saturated heterocycles. The summed E-state index contributed by atoms with van der Waals surface area (Å²) >= 11 is 1.25. The molecule has 1 aromatic heterocycles. The molecular formula is C39H38N2O7S. The normalized spacial score (nSPS) is 14.3. The summed E-state index contributed by atoms with van der Waals surface area (Å²) in [6.45, 7) is 8.71. The summed E-state index contributed by atoms with van der Waals surface area (Å²) in [6, 6.07) is 24.6. The fourth-order valence-corrected chi connectivity index (χ4v) is 7.01. The van der Waals surface area contributed by atoms with Crippen molar-refractivity contribution in [3.63, 3.8) is 0 Å². The molecule has 0 saturated carbocycles. The van der Waals surface area contributed by atoms with Gasteiger partial charge in [0.2, 0.25) is 0 Å². The van der Waals surface area contributed by atoms with Crippen LogP contribution < -0.4 is 33.8 Å². The summed E-state index contributed by atoms with van der Waals surface area (Å²) in [4.78, 5) is 32.7. The maximum atomic E-state index is 14.2. The summed E-state index contributed by atoms with van der Waals surface area (Å²) in [5.41, 5.74) is 2.98. The van der Waals surface area contributed by atoms with Gasteiger partial charge in [-0.1, -0.05) is 65.9 Å². The number of carbonyl (C=O) groups is 1. The van der Waals surface area contributed by atoms with Crippen LogP contribution in [0.2, 0.25) is 0 Å². The van der Waals surface area contributed by atoms with Crippen LogP contribution in [-0.2, 0) is 16.1 Å². The minimum Gasteiger partial charge on any atom is -0.493 e. The number of hydrogen-bond acceptors (Lipinski definition) is 9. The van der Waals surface area contributed by atoms with Gasteiger partial charge >= 0.3 is 5.97 Å². The number of methoxy groups -OCH3 is 1. The third-order valence-corrected chi connectivity index (χ3v) is 9.13. The van der Waals surface area contributed by atoms with Crippen LogP contribution in [0.1, 0.15) is 50.4 Å². The molecular weight excluding hydrogens is 641 g/mol. The van der Waals surface area contributed by atoms with Crippen LogP contribution in [0.15, 0.2) is 99.9 Å². The monoisotopic (exact) mass is 678 g/mol. The molecule has 0 spiro atoms. The second-order valence-electron chi connectivity index (χ2n) is 11.2. The standard InChI is InChI=1S/C39H38N2O7S/c1-6-45-32-20-25(16-18-31(32)48-23-28-14-11-13-26-12-9-10-15-29(26)28)21-34-37(42)41-36(27-17-19-30(44-5)33(22-27)46-7-2)35(38(43)47-8-3)24(4)40-39(41)49-34/h9-22,36H,6-8,23H2,1-5H3/b34-21-/t36-/m0/s1. The fourth-order valence-electron chi connectivity index (χ4n) is 5.97. The van der Waals surface area contributed by atoms with Crippen molar-refractivity contribution in [1.29, 1.82) is 0 Å². The second kappa shape index (κ2) is 14.8. The predicted octanol–water partition coefficient (Wildman–Crippen LogP) is 6.34. The number of benzene rings is 4. The Bertz CT molecular complexity index is 2230. The van der Waals surface area contributed by atoms with E-state index in [9.17, 15) is 9.59 Å². The highest BCUT2D eigenvalue weighted by molar-refractivity contribution is 7.07. The van der Waals surface area contributed by atoms with Crippen molar-refractivity contribution in [3.05, 3.63) is 127 Å². The quantitative estimate of drug-likeness (QED) is 0.142. The molecule has 0 unspecified atom stereocenters. The first kappa shape index (κ1) is 33.5. The number of carbonyl (C=O) groups excluding carboxylic acids is 1. The molecule has 0 N–H and O–H groups in total. The lowest BCUT2D eigenvalue weighted by Crippen LogP contribution is -2.40. The van der Waals surface area contributed by atoms with Gasteiger partial charge in [0.25, 0.3) is 5.56 Å². The van der Waals surface area contributed by atoms with Crippen molar-refractivity contribution in [3.8, 4) is 23.0 Å². The topological polar surface area (TPSA) is 97.6 Å². The molecule has 0 bridgehead atoms. The minimum atomic E-state index is -0.786. The van der Waals surface area contributed by atoms with Gasteiger partial charge in [0.05, 0.1) is 48.8 Å². The van der Waals surface area contributed by atoms with Crippen molar-refractivity contribution < 1.29 is 28.5 Å². The number of thiazole rings is 1. The maximum absolute atomic E-state index is 14.2. The van der Waals surface area contributed by atoms with E-state index in [0.29, 0.717) is 69.0 Å². The van der Waals surface area contributed by atoms with Crippen LogP contribution in [0.4, 0.5) is 0 Å². The van der Waals surface area contributed by atoms with E-state index < -0.39 is 12.0 Å². The molecule has 1 atom stereocenters. The third-order valence-electron chi connectivity index (χ3n) is 8.15. The van der Waals surface area contributed by atoms with Crippen molar-refractivity contribution in [2.45, 2.75) is 40.3 Å². The van der Waals surface area contributed by atoms with Crippen LogP contribution in [0.5, 0.6) is 23.0 Å². The van der Waals surface area contributed by atoms with Crippen molar-refractivity contribution in [1.82, 2.24) is 4.57 Å². The molecule has 0 radical (unpaired) electrons. The fraction of sp³-hybridized carbons (Fsp3) is 0.256. The number of fused-ring (bicyclic) bond motifs is 2. The first-order chi connectivity index (χ1) is 23.9. The van der Waals surface area contributed by atoms with Gasteiger partial charge in [-0.2, -0.15) is 0 Å². The number of ether oxygens (including phenoxy) is 5. The smallest absolute Gasteiger partial charge is 0.338 e. The molecule has 1 aliphatic heterocycles. The predicted molar refractivity (Wildman–Crippen MR) is 190 cm³/mol. The number of rotatable bonds is 12. The van der Waals surface area contributed by atoms with Gasteiger partial charge in [-0.3, -0.25) is 9.36 Å². The average molecular weight is 679 g/mol. The van der Waals surface area contributed by atoms with E-state index in [2.05, 4.69) is 24.3 Å². The number of hydrogen-bond donors (Lipinski definition) is 0. The lowest BCUT2D eigenvalue weighted by molar-refractivity contribution is -0.139. The summed E-state index contributed by atoms with van der Waals surface area (Å²) in [5, 5.41) is 2.29. The molecule has 0 fully saturated rings. The molecule has 9 nitrogen and oxygen atoms in total. The number of esters is 1. The molecule has 0 aliphatic carbocycles. The Hall–Kier alpha value is -5.35. The summed E-state index contributed by atoms with van der Waals surface area (Å²) in [5.74, 6) is 1.70. The summed E-state index contributed by atoms with van der Waals surface area (Å²) in [7, 11) is 1.56. The van der Waals surface area contributed by atoms with Gasteiger partial charge in [0.15, 0.2) is 27.8 Å². The van der Waals surface area contributed by atoms with E-state index in [0.717, 1.165) is 21.9 Å². The highest BCUT2D eigenvalue weighted by Crippen LogP contribution is 2.36. The second-order valence-corrected chi connectivity index (χ2v) is 12.2. The van der Waals surface area contributed by atoms with E-state index in [-0.39, 0.29) is 12.2 Å². The van der Waals surface area contributed by atoms with E-state index in [1.165, 1.54) is 11.3 Å². The van der Waals surface area contributed by atoms with E-state index in [1.54, 1.807) is 43.7 Å². The van der Waals surface area contributed by atoms with Gasteiger partial charge in [-0.25, -0.2) is 9.79 Å². The van der Waals surface area contributed by atoms with Gasteiger partial charge in [0.1, 0.15) is 6.61 Å². The molecule has 252 valence electrons. The molecule has 5 aromatic rings. The van der Waals surface area contributed by atoms with Gasteiger partial charge < -0.3 is 23.7 Å². The van der Waals surface area contributed by atoms with Crippen molar-refractivity contribution >= 4 is 34.2 Å². The molecule has 0 amide bonds. The van der Waals surface area contributed by atoms with Crippen molar-refractivity contribution in [2.75, 3.05) is 26.9 Å². The lowest BCUT2D eigenvalue weighted by Gasteiger charge is -2.25.